The van der Waals surface area contributed by atoms with Crippen molar-refractivity contribution < 1.29 is 14.7 Å². The van der Waals surface area contributed by atoms with E-state index in [0.717, 1.165) is 26.2 Å². The minimum absolute atomic E-state index is 0.0423. The standard InChI is InChI=1S/C13H16N4O3/c1-16-2-4-17(5-3-16)13-14-12(20-15-13)9-6-10(18)8-11(19)7-9/h6-8,18-19H,2-5H2,1H3. The van der Waals surface area contributed by atoms with Crippen molar-refractivity contribution in [3.8, 4) is 23.0 Å². The van der Waals surface area contributed by atoms with Crippen LogP contribution in [0.1, 0.15) is 0 Å². The van der Waals surface area contributed by atoms with Crippen molar-refractivity contribution in [3.63, 3.8) is 0 Å². The van der Waals surface area contributed by atoms with Crippen LogP contribution in [0, 0.1) is 0 Å². The Hall–Kier alpha value is -2.28. The summed E-state index contributed by atoms with van der Waals surface area (Å²) in [6.07, 6.45) is 0. The highest BCUT2D eigenvalue weighted by molar-refractivity contribution is 5.59. The summed E-state index contributed by atoms with van der Waals surface area (Å²) < 4.78 is 5.20. The summed E-state index contributed by atoms with van der Waals surface area (Å²) in [5.74, 6) is 0.736. The highest BCUT2D eigenvalue weighted by Crippen LogP contribution is 2.28. The molecule has 106 valence electrons. The Labute approximate surface area is 116 Å². The third-order valence-corrected chi connectivity index (χ3v) is 3.35. The Morgan fingerprint density at radius 2 is 1.70 bits per heavy atom. The Bertz CT molecular complexity index is 585. The molecule has 2 N–H and O–H groups in total. The zero-order valence-corrected chi connectivity index (χ0v) is 11.2. The smallest absolute Gasteiger partial charge is 0.266 e. The lowest BCUT2D eigenvalue weighted by atomic mass is 10.2. The minimum Gasteiger partial charge on any atom is -0.508 e. The first-order chi connectivity index (χ1) is 9.61. The molecule has 1 aromatic carbocycles. The number of rotatable bonds is 2. The van der Waals surface area contributed by atoms with Gasteiger partial charge in [-0.1, -0.05) is 0 Å². The van der Waals surface area contributed by atoms with Crippen LogP contribution < -0.4 is 4.90 Å². The number of aromatic nitrogens is 2. The molecule has 3 rings (SSSR count). The number of piperazine rings is 1. The second-order valence-corrected chi connectivity index (χ2v) is 4.93. The number of anilines is 1. The zero-order chi connectivity index (χ0) is 14.1. The predicted octanol–water partition coefficient (Wildman–Crippen LogP) is 0.900. The van der Waals surface area contributed by atoms with E-state index in [-0.39, 0.29) is 17.4 Å². The number of aromatic hydroxyl groups is 2. The van der Waals surface area contributed by atoms with E-state index in [1.54, 1.807) is 0 Å². The number of nitrogens with zero attached hydrogens (tertiary/aromatic N) is 4. The first kappa shape index (κ1) is 12.7. The highest BCUT2D eigenvalue weighted by atomic mass is 16.5. The second-order valence-electron chi connectivity index (χ2n) is 4.93. The van der Waals surface area contributed by atoms with E-state index in [1.165, 1.54) is 18.2 Å². The summed E-state index contributed by atoms with van der Waals surface area (Å²) in [5, 5.41) is 22.9. The van der Waals surface area contributed by atoms with Gasteiger partial charge in [-0.2, -0.15) is 4.98 Å². The fraction of sp³-hybridized carbons (Fsp3) is 0.385. The highest BCUT2D eigenvalue weighted by Gasteiger charge is 2.19. The van der Waals surface area contributed by atoms with Gasteiger partial charge in [0.25, 0.3) is 11.8 Å². The van der Waals surface area contributed by atoms with Gasteiger partial charge in [-0.15, -0.1) is 0 Å². The van der Waals surface area contributed by atoms with Crippen LogP contribution >= 0.6 is 0 Å². The predicted molar refractivity (Wildman–Crippen MR) is 72.8 cm³/mol. The maximum atomic E-state index is 9.47. The van der Waals surface area contributed by atoms with Crippen LogP contribution in [0.4, 0.5) is 5.95 Å². The Kier molecular flexibility index (Phi) is 3.19. The van der Waals surface area contributed by atoms with Crippen molar-refractivity contribution in [1.29, 1.82) is 0 Å². The van der Waals surface area contributed by atoms with Crippen LogP contribution in [0.2, 0.25) is 0 Å². The van der Waals surface area contributed by atoms with Crippen molar-refractivity contribution in [2.45, 2.75) is 0 Å². The quantitative estimate of drug-likeness (QED) is 0.842. The lowest BCUT2D eigenvalue weighted by Crippen LogP contribution is -2.44. The summed E-state index contributed by atoms with van der Waals surface area (Å²) in [6.45, 7) is 3.61. The van der Waals surface area contributed by atoms with Gasteiger partial charge >= 0.3 is 0 Å². The molecule has 0 bridgehead atoms. The van der Waals surface area contributed by atoms with Gasteiger partial charge in [0.05, 0.1) is 0 Å². The first-order valence-electron chi connectivity index (χ1n) is 6.42. The summed E-state index contributed by atoms with van der Waals surface area (Å²) in [5.41, 5.74) is 0.496. The number of benzene rings is 1. The first-order valence-corrected chi connectivity index (χ1v) is 6.42. The average Bonchev–Trinajstić information content (AvgIpc) is 2.88. The number of phenols is 2. The van der Waals surface area contributed by atoms with E-state index in [2.05, 4.69) is 27.0 Å². The molecule has 7 nitrogen and oxygen atoms in total. The molecule has 1 aliphatic heterocycles. The summed E-state index contributed by atoms with van der Waals surface area (Å²) in [7, 11) is 2.08. The van der Waals surface area contributed by atoms with Gasteiger partial charge < -0.3 is 24.5 Å². The van der Waals surface area contributed by atoms with E-state index in [4.69, 9.17) is 4.52 Å². The molecule has 0 amide bonds. The Morgan fingerprint density at radius 3 is 2.35 bits per heavy atom. The van der Waals surface area contributed by atoms with E-state index in [1.807, 2.05) is 0 Å². The Morgan fingerprint density at radius 1 is 1.05 bits per heavy atom. The van der Waals surface area contributed by atoms with Gasteiger partial charge in [-0.3, -0.25) is 0 Å². The average molecular weight is 276 g/mol. The largest absolute Gasteiger partial charge is 0.508 e. The van der Waals surface area contributed by atoms with Crippen LogP contribution in [-0.2, 0) is 0 Å². The normalized spacial score (nSPS) is 16.6. The summed E-state index contributed by atoms with van der Waals surface area (Å²) in [4.78, 5) is 8.61. The number of hydrogen-bond acceptors (Lipinski definition) is 7. The van der Waals surface area contributed by atoms with Crippen LogP contribution in [0.25, 0.3) is 11.5 Å². The molecule has 1 saturated heterocycles. The van der Waals surface area contributed by atoms with E-state index in [0.29, 0.717) is 11.5 Å². The topological polar surface area (TPSA) is 85.9 Å². The Balaban J connectivity index is 1.83. The van der Waals surface area contributed by atoms with Gasteiger partial charge in [-0.05, 0) is 24.3 Å². The lowest BCUT2D eigenvalue weighted by molar-refractivity contribution is 0.309. The fourth-order valence-electron chi connectivity index (χ4n) is 2.19. The third kappa shape index (κ3) is 2.53. The molecule has 0 unspecified atom stereocenters. The van der Waals surface area contributed by atoms with E-state index >= 15 is 0 Å². The molecule has 2 heterocycles. The molecule has 0 spiro atoms. The minimum atomic E-state index is -0.0423. The lowest BCUT2D eigenvalue weighted by Gasteiger charge is -2.31. The molecule has 1 fully saturated rings. The van der Waals surface area contributed by atoms with Crippen LogP contribution in [0.3, 0.4) is 0 Å². The monoisotopic (exact) mass is 276 g/mol. The van der Waals surface area contributed by atoms with E-state index < -0.39 is 0 Å². The summed E-state index contributed by atoms with van der Waals surface area (Å²) >= 11 is 0. The third-order valence-electron chi connectivity index (χ3n) is 3.35. The van der Waals surface area contributed by atoms with Gasteiger partial charge in [0.2, 0.25) is 0 Å². The van der Waals surface area contributed by atoms with Crippen LogP contribution in [0.15, 0.2) is 22.7 Å². The molecule has 0 saturated carbocycles. The zero-order valence-electron chi connectivity index (χ0n) is 11.2. The molecule has 0 atom stereocenters. The maximum absolute atomic E-state index is 9.47. The number of likely N-dealkylation sites (N-methyl/N-ethyl adjacent to an activating group) is 1. The SMILES string of the molecule is CN1CCN(c2noc(-c3cc(O)cc(O)c3)n2)CC1. The molecule has 1 aliphatic rings. The summed E-state index contributed by atoms with van der Waals surface area (Å²) in [6, 6.07) is 4.20. The van der Waals surface area contributed by atoms with E-state index in [9.17, 15) is 10.2 Å². The second kappa shape index (κ2) is 5.01. The molecule has 20 heavy (non-hydrogen) atoms. The van der Waals surface area contributed by atoms with Crippen molar-refractivity contribution >= 4 is 5.95 Å². The number of phenolic OH excluding ortho intramolecular Hbond substituents is 2. The molecule has 7 heteroatoms. The van der Waals surface area contributed by atoms with Gasteiger partial charge in [-0.25, -0.2) is 0 Å². The van der Waals surface area contributed by atoms with Crippen molar-refractivity contribution in [1.82, 2.24) is 15.0 Å². The number of hydrogen-bond donors (Lipinski definition) is 2. The van der Waals surface area contributed by atoms with Crippen LogP contribution in [0.5, 0.6) is 11.5 Å². The van der Waals surface area contributed by atoms with Crippen molar-refractivity contribution in [2.24, 2.45) is 0 Å². The maximum Gasteiger partial charge on any atom is 0.266 e. The van der Waals surface area contributed by atoms with Gasteiger partial charge in [0, 0.05) is 37.8 Å². The molecular weight excluding hydrogens is 260 g/mol. The van der Waals surface area contributed by atoms with Crippen LogP contribution in [-0.4, -0.2) is 58.5 Å². The van der Waals surface area contributed by atoms with Crippen molar-refractivity contribution in [2.75, 3.05) is 38.1 Å². The molecule has 0 aliphatic carbocycles. The molecule has 1 aromatic heterocycles. The van der Waals surface area contributed by atoms with Crippen molar-refractivity contribution in [3.05, 3.63) is 18.2 Å². The molecular formula is C13H16N4O3. The van der Waals surface area contributed by atoms with Gasteiger partial charge in [0.15, 0.2) is 0 Å². The fourth-order valence-corrected chi connectivity index (χ4v) is 2.19. The molecule has 2 aromatic rings. The molecule has 0 radical (unpaired) electrons. The van der Waals surface area contributed by atoms with Gasteiger partial charge in [0.1, 0.15) is 11.5 Å².